The van der Waals surface area contributed by atoms with Crippen LogP contribution in [0.3, 0.4) is 0 Å². The van der Waals surface area contributed by atoms with Crippen molar-refractivity contribution in [3.63, 3.8) is 0 Å². The zero-order valence-corrected chi connectivity index (χ0v) is 21.1. The van der Waals surface area contributed by atoms with Crippen LogP contribution in [0, 0.1) is 17.0 Å². The van der Waals surface area contributed by atoms with Crippen molar-refractivity contribution in [3.8, 4) is 5.69 Å². The zero-order chi connectivity index (χ0) is 25.7. The summed E-state index contributed by atoms with van der Waals surface area (Å²) in [7, 11) is 0. The van der Waals surface area contributed by atoms with E-state index in [4.69, 9.17) is 11.6 Å². The molecule has 0 aliphatic carbocycles. The second-order valence-corrected chi connectivity index (χ2v) is 9.68. The number of thioether (sulfide) groups is 1. The lowest BCUT2D eigenvalue weighted by atomic mass is 10.2. The molecule has 0 bridgehead atoms. The highest BCUT2D eigenvalue weighted by molar-refractivity contribution is 8.00. The maximum Gasteiger partial charge on any atom is 0.271 e. The van der Waals surface area contributed by atoms with Gasteiger partial charge in [-0.1, -0.05) is 53.7 Å². The van der Waals surface area contributed by atoms with Crippen molar-refractivity contribution < 1.29 is 9.72 Å². The van der Waals surface area contributed by atoms with E-state index in [1.54, 1.807) is 26.0 Å². The van der Waals surface area contributed by atoms with Crippen LogP contribution < -0.4 is 10.6 Å². The molecule has 1 heterocycles. The van der Waals surface area contributed by atoms with E-state index in [0.29, 0.717) is 28.2 Å². The highest BCUT2D eigenvalue weighted by Gasteiger charge is 2.22. The van der Waals surface area contributed by atoms with Crippen molar-refractivity contribution in [3.05, 3.63) is 99.3 Å². The first-order chi connectivity index (χ1) is 17.3. The lowest BCUT2D eigenvalue weighted by Crippen LogP contribution is -2.23. The summed E-state index contributed by atoms with van der Waals surface area (Å²) in [5, 5.41) is 26.5. The summed E-state index contributed by atoms with van der Waals surface area (Å²) in [6.07, 6.45) is 0. The summed E-state index contributed by atoms with van der Waals surface area (Å²) in [5.74, 6) is 0.357. The number of nitrogens with one attached hydrogen (secondary N) is 2. The molecule has 0 fully saturated rings. The van der Waals surface area contributed by atoms with E-state index in [9.17, 15) is 14.9 Å². The summed E-state index contributed by atoms with van der Waals surface area (Å²) in [6, 6.07) is 21.4. The van der Waals surface area contributed by atoms with Gasteiger partial charge >= 0.3 is 0 Å². The Morgan fingerprint density at radius 3 is 2.61 bits per heavy atom. The normalized spacial score (nSPS) is 11.6. The van der Waals surface area contributed by atoms with Gasteiger partial charge in [-0.15, -0.1) is 10.2 Å². The first-order valence-corrected chi connectivity index (χ1v) is 12.3. The van der Waals surface area contributed by atoms with Crippen LogP contribution >= 0.6 is 23.4 Å². The lowest BCUT2D eigenvalue weighted by molar-refractivity contribution is -0.384. The molecule has 3 aromatic carbocycles. The maximum absolute atomic E-state index is 13.0. The molecule has 1 unspecified atom stereocenters. The summed E-state index contributed by atoms with van der Waals surface area (Å²) in [5.41, 5.74) is 2.75. The number of para-hydroxylation sites is 1. The zero-order valence-electron chi connectivity index (χ0n) is 19.5. The van der Waals surface area contributed by atoms with Gasteiger partial charge in [0.05, 0.1) is 22.4 Å². The molecule has 11 heteroatoms. The Hall–Kier alpha value is -3.89. The van der Waals surface area contributed by atoms with E-state index >= 15 is 0 Å². The van der Waals surface area contributed by atoms with E-state index in [0.717, 1.165) is 16.9 Å². The van der Waals surface area contributed by atoms with E-state index in [1.165, 1.54) is 23.9 Å². The minimum absolute atomic E-state index is 0.0862. The molecule has 0 saturated heterocycles. The van der Waals surface area contributed by atoms with Gasteiger partial charge in [0.2, 0.25) is 5.91 Å². The van der Waals surface area contributed by atoms with Crippen LogP contribution in [0.4, 0.5) is 17.1 Å². The van der Waals surface area contributed by atoms with E-state index in [2.05, 4.69) is 20.8 Å². The second-order valence-electron chi connectivity index (χ2n) is 7.94. The Kier molecular flexibility index (Phi) is 7.87. The first-order valence-electron chi connectivity index (χ1n) is 11.0. The molecule has 0 spiro atoms. The van der Waals surface area contributed by atoms with Crippen molar-refractivity contribution in [2.75, 3.05) is 10.6 Å². The number of carbonyl (C=O) groups excluding carboxylic acids is 1. The summed E-state index contributed by atoms with van der Waals surface area (Å²) in [4.78, 5) is 23.6. The SMILES string of the molecule is Cc1ccc([N+](=O)[O-])cc1NC(=O)C(C)Sc1nnc(CNc2cccc(Cl)c2)n1-c1ccccc1. The van der Waals surface area contributed by atoms with Crippen LogP contribution in [0.5, 0.6) is 0 Å². The number of hydrogen-bond acceptors (Lipinski definition) is 7. The number of aryl methyl sites for hydroxylation is 1. The van der Waals surface area contributed by atoms with E-state index < -0.39 is 10.2 Å². The number of aromatic nitrogens is 3. The van der Waals surface area contributed by atoms with Crippen LogP contribution in [-0.4, -0.2) is 30.8 Å². The summed E-state index contributed by atoms with van der Waals surface area (Å²) in [6.45, 7) is 3.92. The maximum atomic E-state index is 13.0. The predicted octanol–water partition coefficient (Wildman–Crippen LogP) is 5.87. The molecule has 36 heavy (non-hydrogen) atoms. The van der Waals surface area contributed by atoms with Crippen molar-refractivity contribution in [2.45, 2.75) is 30.8 Å². The fourth-order valence-electron chi connectivity index (χ4n) is 3.41. The number of nitro groups is 1. The molecule has 0 aliphatic heterocycles. The van der Waals surface area contributed by atoms with Crippen LogP contribution in [-0.2, 0) is 11.3 Å². The fraction of sp³-hybridized carbons (Fsp3) is 0.160. The molecule has 1 aromatic heterocycles. The number of nitro benzene ring substituents is 1. The van der Waals surface area contributed by atoms with Gasteiger partial charge in [0, 0.05) is 28.5 Å². The lowest BCUT2D eigenvalue weighted by Gasteiger charge is -2.15. The van der Waals surface area contributed by atoms with E-state index in [1.807, 2.05) is 53.1 Å². The number of nitrogens with zero attached hydrogens (tertiary/aromatic N) is 4. The van der Waals surface area contributed by atoms with Crippen molar-refractivity contribution in [1.82, 2.24) is 14.8 Å². The van der Waals surface area contributed by atoms with Gasteiger partial charge < -0.3 is 10.6 Å². The number of hydrogen-bond donors (Lipinski definition) is 2. The number of rotatable bonds is 9. The average molecular weight is 523 g/mol. The van der Waals surface area contributed by atoms with Gasteiger partial charge in [-0.25, -0.2) is 0 Å². The van der Waals surface area contributed by atoms with Crippen LogP contribution in [0.15, 0.2) is 78.0 Å². The van der Waals surface area contributed by atoms with Crippen LogP contribution in [0.2, 0.25) is 5.02 Å². The number of carbonyl (C=O) groups is 1. The molecule has 1 amide bonds. The molecule has 9 nitrogen and oxygen atoms in total. The van der Waals surface area contributed by atoms with Gasteiger partial charge in [-0.05, 0) is 49.7 Å². The number of halogens is 1. The average Bonchev–Trinajstić information content (AvgIpc) is 3.26. The van der Waals surface area contributed by atoms with Crippen molar-refractivity contribution >= 4 is 46.3 Å². The molecule has 1 atom stereocenters. The molecule has 184 valence electrons. The highest BCUT2D eigenvalue weighted by Crippen LogP contribution is 2.28. The highest BCUT2D eigenvalue weighted by atomic mass is 35.5. The molecule has 0 radical (unpaired) electrons. The van der Waals surface area contributed by atoms with Gasteiger partial charge in [-0.2, -0.15) is 0 Å². The molecule has 4 rings (SSSR count). The van der Waals surface area contributed by atoms with Gasteiger partial charge in [0.25, 0.3) is 5.69 Å². The minimum atomic E-state index is -0.552. The third-order valence-electron chi connectivity index (χ3n) is 5.33. The Morgan fingerprint density at radius 1 is 1.11 bits per heavy atom. The second kappa shape index (κ2) is 11.2. The standard InChI is InChI=1S/C25H23ClN6O3S/c1-16-11-12-21(32(34)35)14-22(16)28-24(33)17(2)36-25-30-29-23(31(25)20-9-4-3-5-10-20)15-27-19-8-6-7-18(26)13-19/h3-14,17,27H,15H2,1-2H3,(H,28,33). The number of anilines is 2. The van der Waals surface area contributed by atoms with Crippen molar-refractivity contribution in [1.29, 1.82) is 0 Å². The fourth-order valence-corrected chi connectivity index (χ4v) is 4.49. The number of amides is 1. The quantitative estimate of drug-likeness (QED) is 0.160. The molecule has 0 saturated carbocycles. The third kappa shape index (κ3) is 6.02. The smallest absolute Gasteiger partial charge is 0.271 e. The Bertz CT molecular complexity index is 1400. The molecule has 2 N–H and O–H groups in total. The first kappa shape index (κ1) is 25.2. The van der Waals surface area contributed by atoms with Crippen LogP contribution in [0.1, 0.15) is 18.3 Å². The van der Waals surface area contributed by atoms with Gasteiger partial charge in [0.15, 0.2) is 11.0 Å². The molecular weight excluding hydrogens is 500 g/mol. The Labute approximate surface area is 217 Å². The molecular formula is C25H23ClN6O3S. The topological polar surface area (TPSA) is 115 Å². The Morgan fingerprint density at radius 2 is 1.89 bits per heavy atom. The van der Waals surface area contributed by atoms with Gasteiger partial charge in [0.1, 0.15) is 0 Å². The molecule has 4 aromatic rings. The monoisotopic (exact) mass is 522 g/mol. The predicted molar refractivity (Wildman–Crippen MR) is 142 cm³/mol. The van der Waals surface area contributed by atoms with Gasteiger partial charge in [-0.3, -0.25) is 19.5 Å². The number of benzene rings is 3. The largest absolute Gasteiger partial charge is 0.378 e. The number of non-ortho nitro benzene ring substituents is 1. The summed E-state index contributed by atoms with van der Waals surface area (Å²) >= 11 is 7.34. The Balaban J connectivity index is 1.54. The van der Waals surface area contributed by atoms with Crippen LogP contribution in [0.25, 0.3) is 5.69 Å². The third-order valence-corrected chi connectivity index (χ3v) is 6.61. The molecule has 0 aliphatic rings. The van der Waals surface area contributed by atoms with Crippen molar-refractivity contribution in [2.24, 2.45) is 0 Å². The van der Waals surface area contributed by atoms with E-state index in [-0.39, 0.29) is 11.6 Å². The summed E-state index contributed by atoms with van der Waals surface area (Å²) < 4.78 is 1.89. The minimum Gasteiger partial charge on any atom is -0.378 e.